The van der Waals surface area contributed by atoms with Crippen molar-refractivity contribution in [3.8, 4) is 5.75 Å². The number of benzene rings is 3. The molecule has 15 heteroatoms. The normalized spacial score (nSPS) is 31.2. The number of rotatable bonds is 10. The van der Waals surface area contributed by atoms with Crippen LogP contribution in [-0.2, 0) is 57.2 Å². The van der Waals surface area contributed by atoms with Crippen molar-refractivity contribution in [2.75, 3.05) is 11.5 Å². The topological polar surface area (TPSA) is 178 Å². The van der Waals surface area contributed by atoms with E-state index in [1.165, 1.54) is 24.3 Å². The zero-order chi connectivity index (χ0) is 41.9. The lowest BCUT2D eigenvalue weighted by molar-refractivity contribution is -0.288. The smallest absolute Gasteiger partial charge is 0.303 e. The van der Waals surface area contributed by atoms with Gasteiger partial charge in [-0.1, -0.05) is 76.6 Å². The first-order valence-corrected chi connectivity index (χ1v) is 19.3. The molecule has 0 spiro atoms. The Bertz CT molecular complexity index is 2240. The number of alkyl halides is 1. The zero-order valence-corrected chi connectivity index (χ0v) is 34.0. The number of ether oxygens (including phenoxy) is 6. The molecule has 0 N–H and O–H groups in total. The van der Waals surface area contributed by atoms with Gasteiger partial charge in [-0.25, -0.2) is 4.90 Å². The van der Waals surface area contributed by atoms with Gasteiger partial charge < -0.3 is 28.4 Å². The van der Waals surface area contributed by atoms with E-state index in [0.29, 0.717) is 11.1 Å². The van der Waals surface area contributed by atoms with Crippen LogP contribution in [0, 0.1) is 16.7 Å². The Morgan fingerprint density at radius 2 is 1.21 bits per heavy atom. The molecule has 0 radical (unpaired) electrons. The molecule has 2 aliphatic heterocycles. The van der Waals surface area contributed by atoms with Gasteiger partial charge in [-0.05, 0) is 60.4 Å². The van der Waals surface area contributed by atoms with Crippen molar-refractivity contribution in [1.29, 1.82) is 0 Å². The van der Waals surface area contributed by atoms with Crippen molar-refractivity contribution in [1.82, 2.24) is 0 Å². The van der Waals surface area contributed by atoms with Crippen molar-refractivity contribution >= 4 is 74.2 Å². The molecule has 2 amide bonds. The van der Waals surface area contributed by atoms with Crippen LogP contribution < -0.4 is 9.64 Å². The average Bonchev–Trinajstić information content (AvgIpc) is 3.56. The molecular formula is C43H40BrNO13. The molecule has 4 aliphatic rings. The lowest BCUT2D eigenvalue weighted by atomic mass is 9.63. The number of hydrogen-bond acceptors (Lipinski definition) is 13. The van der Waals surface area contributed by atoms with Crippen LogP contribution in [0.1, 0.15) is 52.7 Å². The maximum absolute atomic E-state index is 14.8. The highest BCUT2D eigenvalue weighted by Crippen LogP contribution is 2.77. The fourth-order valence-electron chi connectivity index (χ4n) is 9.13. The minimum atomic E-state index is -1.63. The van der Waals surface area contributed by atoms with Crippen molar-refractivity contribution < 1.29 is 62.0 Å². The summed E-state index contributed by atoms with van der Waals surface area (Å²) in [5.41, 5.74) is 0.278. The standard InChI is InChI=1S/C43H40BrNO13/c1-22(46)53-21-30-33(54-23(2)47)34(55-24(3)48)35(56-25(4)49)38(58-30)57-29-19-17-28(18-20-29)45-37(50)36-41(5)31(26-13-9-7-10-14-26)32(27-15-11-8-12-16-27)42(6,39(41)51)43(36,44)40(45)52/h7-20,30,33-36,38H,21H2,1-6H3/t30-,33-,34+,35-,36?,38-,41?,42?,43?/m1/s1. The number of Topliss-reactive ketones (excluding diaryl/α,β-unsaturated/α-hetero) is 1. The first-order valence-electron chi connectivity index (χ1n) is 18.5. The number of halogens is 1. The molecule has 302 valence electrons. The summed E-state index contributed by atoms with van der Waals surface area (Å²) in [7, 11) is 0. The molecule has 14 nitrogen and oxygen atoms in total. The van der Waals surface area contributed by atoms with E-state index in [-0.39, 0.29) is 17.2 Å². The quantitative estimate of drug-likeness (QED) is 0.115. The predicted octanol–water partition coefficient (Wildman–Crippen LogP) is 4.99. The molecule has 58 heavy (non-hydrogen) atoms. The van der Waals surface area contributed by atoms with Gasteiger partial charge in [0.05, 0.1) is 22.4 Å². The largest absolute Gasteiger partial charge is 0.463 e. The third-order valence-electron chi connectivity index (χ3n) is 11.3. The van der Waals surface area contributed by atoms with Crippen LogP contribution in [0.25, 0.3) is 11.1 Å². The number of allylic oxidation sites excluding steroid dienone is 2. The van der Waals surface area contributed by atoms with Crippen molar-refractivity contribution in [3.05, 3.63) is 96.1 Å². The number of ketones is 1. The highest BCUT2D eigenvalue weighted by molar-refractivity contribution is 9.10. The molecule has 2 saturated heterocycles. The Labute approximate surface area is 341 Å². The third kappa shape index (κ3) is 6.22. The van der Waals surface area contributed by atoms with Gasteiger partial charge in [-0.15, -0.1) is 0 Å². The van der Waals surface area contributed by atoms with Crippen LogP contribution >= 0.6 is 15.9 Å². The summed E-state index contributed by atoms with van der Waals surface area (Å²) in [5.74, 6) is -5.43. The van der Waals surface area contributed by atoms with Gasteiger partial charge in [-0.3, -0.25) is 33.6 Å². The van der Waals surface area contributed by atoms with Gasteiger partial charge in [0.15, 0.2) is 18.0 Å². The van der Waals surface area contributed by atoms with Crippen LogP contribution in [-0.4, -0.2) is 83.1 Å². The minimum Gasteiger partial charge on any atom is -0.463 e. The predicted molar refractivity (Wildman–Crippen MR) is 208 cm³/mol. The Hall–Kier alpha value is -5.67. The van der Waals surface area contributed by atoms with Crippen LogP contribution in [0.15, 0.2) is 84.9 Å². The number of carbonyl (C=O) groups excluding carboxylic acids is 7. The molecule has 2 bridgehead atoms. The second-order valence-electron chi connectivity index (χ2n) is 14.9. The van der Waals surface area contributed by atoms with E-state index in [9.17, 15) is 33.6 Å². The lowest BCUT2D eigenvalue weighted by Gasteiger charge is -2.43. The van der Waals surface area contributed by atoms with E-state index in [0.717, 1.165) is 43.7 Å². The molecule has 3 fully saturated rings. The van der Waals surface area contributed by atoms with Gasteiger partial charge in [0.1, 0.15) is 22.8 Å². The van der Waals surface area contributed by atoms with Gasteiger partial charge in [-0.2, -0.15) is 0 Å². The number of fused-ring (bicyclic) bond motifs is 5. The van der Waals surface area contributed by atoms with Gasteiger partial charge >= 0.3 is 23.9 Å². The Kier molecular flexibility index (Phi) is 10.4. The second-order valence-corrected chi connectivity index (χ2v) is 16.2. The number of esters is 4. The SMILES string of the molecule is CC(=O)OC[C@H]1O[C@@H](Oc2ccc(N3C(=O)C4C5(C)C(=O)C(C)(C(c6ccccc6)=C5c5ccccc5)C4(Br)C3=O)cc2)[C@H](OC(C)=O)[C@@H](OC(C)=O)[C@@H]1OC(C)=O. The summed E-state index contributed by atoms with van der Waals surface area (Å²) in [6.07, 6.45) is -7.05. The molecule has 4 unspecified atom stereocenters. The molecule has 7 rings (SSSR count). The third-order valence-corrected chi connectivity index (χ3v) is 12.9. The van der Waals surface area contributed by atoms with Crippen molar-refractivity contribution in [3.63, 3.8) is 0 Å². The summed E-state index contributed by atoms with van der Waals surface area (Å²) in [6, 6.07) is 24.7. The van der Waals surface area contributed by atoms with Crippen LogP contribution in [0.2, 0.25) is 0 Å². The van der Waals surface area contributed by atoms with E-state index < -0.39 is 94.1 Å². The maximum atomic E-state index is 14.8. The van der Waals surface area contributed by atoms with Gasteiger partial charge in [0.2, 0.25) is 18.3 Å². The second kappa shape index (κ2) is 14.9. The number of hydrogen-bond donors (Lipinski definition) is 0. The molecule has 3 aromatic rings. The van der Waals surface area contributed by atoms with Crippen LogP contribution in [0.4, 0.5) is 5.69 Å². The maximum Gasteiger partial charge on any atom is 0.303 e. The van der Waals surface area contributed by atoms with E-state index in [1.54, 1.807) is 13.8 Å². The number of nitrogens with zero attached hydrogens (tertiary/aromatic N) is 1. The molecular weight excluding hydrogens is 818 g/mol. The van der Waals surface area contributed by atoms with Crippen LogP contribution in [0.5, 0.6) is 5.75 Å². The van der Waals surface area contributed by atoms with Crippen LogP contribution in [0.3, 0.4) is 0 Å². The molecule has 2 aliphatic carbocycles. The van der Waals surface area contributed by atoms with E-state index in [1.807, 2.05) is 60.7 Å². The zero-order valence-electron chi connectivity index (χ0n) is 32.4. The van der Waals surface area contributed by atoms with Crippen molar-refractivity contribution in [2.45, 2.75) is 76.6 Å². The van der Waals surface area contributed by atoms with Gasteiger partial charge in [0.25, 0.3) is 5.91 Å². The highest BCUT2D eigenvalue weighted by atomic mass is 79.9. The molecule has 3 aromatic carbocycles. The monoisotopic (exact) mass is 857 g/mol. The average molecular weight is 859 g/mol. The Morgan fingerprint density at radius 1 is 0.690 bits per heavy atom. The summed E-state index contributed by atoms with van der Waals surface area (Å²) in [5, 5.41) is 0. The summed E-state index contributed by atoms with van der Waals surface area (Å²) in [4.78, 5) is 93.8. The van der Waals surface area contributed by atoms with E-state index >= 15 is 0 Å². The van der Waals surface area contributed by atoms with Crippen molar-refractivity contribution in [2.24, 2.45) is 16.7 Å². The molecule has 2 heterocycles. The molecule has 1 saturated carbocycles. The Balaban J connectivity index is 1.23. The first-order chi connectivity index (χ1) is 27.5. The molecule has 9 atom stereocenters. The van der Waals surface area contributed by atoms with Gasteiger partial charge in [0, 0.05) is 27.7 Å². The Morgan fingerprint density at radius 3 is 1.74 bits per heavy atom. The minimum absolute atomic E-state index is 0.103. The summed E-state index contributed by atoms with van der Waals surface area (Å²) < 4.78 is 32.1. The van der Waals surface area contributed by atoms with E-state index in [2.05, 4.69) is 15.9 Å². The number of carbonyl (C=O) groups is 7. The number of amides is 2. The fraction of sp³-hybridized carbons (Fsp3) is 0.372. The molecule has 0 aromatic heterocycles. The van der Waals surface area contributed by atoms with E-state index in [4.69, 9.17) is 28.4 Å². The lowest BCUT2D eigenvalue weighted by Crippen LogP contribution is -2.63. The number of imide groups is 1. The fourth-order valence-corrected chi connectivity index (χ4v) is 10.3. The highest BCUT2D eigenvalue weighted by Gasteiger charge is 2.85. The first kappa shape index (κ1) is 40.5. The summed E-state index contributed by atoms with van der Waals surface area (Å²) >= 11 is 3.77. The summed E-state index contributed by atoms with van der Waals surface area (Å²) in [6.45, 7) is 7.53. The number of anilines is 1.